The number of carbonyl (C=O) groups is 1. The van der Waals surface area contributed by atoms with Gasteiger partial charge in [-0.15, -0.1) is 0 Å². The summed E-state index contributed by atoms with van der Waals surface area (Å²) < 4.78 is 36.2. The van der Waals surface area contributed by atoms with Gasteiger partial charge in [0.05, 0.1) is 12.0 Å². The van der Waals surface area contributed by atoms with Crippen molar-refractivity contribution in [2.75, 3.05) is 19.3 Å². The molecule has 0 heterocycles. The molecule has 18 heavy (non-hydrogen) atoms. The van der Waals surface area contributed by atoms with Crippen molar-refractivity contribution in [1.82, 2.24) is 4.90 Å². The molecule has 0 aliphatic carbocycles. The highest BCUT2D eigenvalue weighted by molar-refractivity contribution is 5.99. The van der Waals surface area contributed by atoms with E-state index in [1.807, 2.05) is 0 Å². The van der Waals surface area contributed by atoms with Crippen molar-refractivity contribution in [3.63, 3.8) is 0 Å². The van der Waals surface area contributed by atoms with Gasteiger partial charge < -0.3 is 10.6 Å². The Morgan fingerprint density at radius 2 is 2.00 bits per heavy atom. The molecule has 0 unspecified atom stereocenters. The van der Waals surface area contributed by atoms with Crippen LogP contribution >= 0.6 is 0 Å². The SMILES string of the molecule is Cc1ccc(N)c(C(=O)N(C)CCC(F)(F)F)c1. The summed E-state index contributed by atoms with van der Waals surface area (Å²) in [7, 11) is 1.33. The first-order chi connectivity index (χ1) is 8.20. The lowest BCUT2D eigenvalue weighted by Gasteiger charge is -2.19. The zero-order valence-electron chi connectivity index (χ0n) is 10.2. The largest absolute Gasteiger partial charge is 0.398 e. The minimum Gasteiger partial charge on any atom is -0.398 e. The number of nitrogens with zero attached hydrogens (tertiary/aromatic N) is 1. The van der Waals surface area contributed by atoms with Crippen molar-refractivity contribution < 1.29 is 18.0 Å². The standard InChI is InChI=1S/C12H15F3N2O/c1-8-3-4-10(16)9(7-8)11(18)17(2)6-5-12(13,14)15/h3-4,7H,5-6,16H2,1-2H3. The van der Waals surface area contributed by atoms with Gasteiger partial charge in [0.25, 0.3) is 5.91 Å². The molecule has 3 nitrogen and oxygen atoms in total. The summed E-state index contributed by atoms with van der Waals surface area (Å²) >= 11 is 0. The highest BCUT2D eigenvalue weighted by Gasteiger charge is 2.28. The topological polar surface area (TPSA) is 46.3 Å². The van der Waals surface area contributed by atoms with Crippen LogP contribution in [0, 0.1) is 6.92 Å². The molecular formula is C12H15F3N2O. The lowest BCUT2D eigenvalue weighted by atomic mass is 10.1. The Hall–Kier alpha value is -1.72. The van der Waals surface area contributed by atoms with Crippen LogP contribution in [0.4, 0.5) is 18.9 Å². The Morgan fingerprint density at radius 1 is 1.39 bits per heavy atom. The molecule has 0 saturated carbocycles. The van der Waals surface area contributed by atoms with E-state index in [4.69, 9.17) is 5.73 Å². The average Bonchev–Trinajstić information content (AvgIpc) is 2.27. The van der Waals surface area contributed by atoms with Gasteiger partial charge in [-0.05, 0) is 19.1 Å². The zero-order chi connectivity index (χ0) is 13.9. The number of aryl methyl sites for hydroxylation is 1. The van der Waals surface area contributed by atoms with E-state index in [2.05, 4.69) is 0 Å². The Kier molecular flexibility index (Phi) is 4.21. The van der Waals surface area contributed by atoms with Crippen molar-refractivity contribution in [3.05, 3.63) is 29.3 Å². The number of benzene rings is 1. The van der Waals surface area contributed by atoms with Gasteiger partial charge in [0.15, 0.2) is 0 Å². The minimum absolute atomic E-state index is 0.236. The maximum atomic E-state index is 12.1. The van der Waals surface area contributed by atoms with Crippen LogP contribution in [0.5, 0.6) is 0 Å². The number of nitrogens with two attached hydrogens (primary N) is 1. The quantitative estimate of drug-likeness (QED) is 0.849. The predicted molar refractivity (Wildman–Crippen MR) is 63.2 cm³/mol. The molecule has 0 aliphatic heterocycles. The Bertz CT molecular complexity index is 443. The number of carbonyl (C=O) groups excluding carboxylic acids is 1. The van der Waals surface area contributed by atoms with E-state index in [0.29, 0.717) is 0 Å². The number of nitrogen functional groups attached to an aromatic ring is 1. The Labute approximate surface area is 103 Å². The molecule has 0 aromatic heterocycles. The van der Waals surface area contributed by atoms with Gasteiger partial charge in [0.1, 0.15) is 0 Å². The van der Waals surface area contributed by atoms with Gasteiger partial charge in [0, 0.05) is 19.3 Å². The maximum absolute atomic E-state index is 12.1. The van der Waals surface area contributed by atoms with Crippen LogP contribution < -0.4 is 5.73 Å². The summed E-state index contributed by atoms with van der Waals surface area (Å²) in [4.78, 5) is 12.9. The third-order valence-corrected chi connectivity index (χ3v) is 2.52. The summed E-state index contributed by atoms with van der Waals surface area (Å²) in [5.41, 5.74) is 6.97. The second-order valence-electron chi connectivity index (χ2n) is 4.18. The number of hydrogen-bond donors (Lipinski definition) is 1. The fourth-order valence-electron chi connectivity index (χ4n) is 1.46. The molecule has 0 spiro atoms. The second kappa shape index (κ2) is 5.29. The van der Waals surface area contributed by atoms with E-state index >= 15 is 0 Å². The molecule has 0 saturated heterocycles. The van der Waals surface area contributed by atoms with Gasteiger partial charge in [-0.1, -0.05) is 11.6 Å². The lowest BCUT2D eigenvalue weighted by Crippen LogP contribution is -2.31. The fraction of sp³-hybridized carbons (Fsp3) is 0.417. The van der Waals surface area contributed by atoms with E-state index in [1.165, 1.54) is 7.05 Å². The maximum Gasteiger partial charge on any atom is 0.390 e. The summed E-state index contributed by atoms with van der Waals surface area (Å²) in [5.74, 6) is -0.500. The van der Waals surface area contributed by atoms with Crippen LogP contribution in [0.25, 0.3) is 0 Å². The normalized spacial score (nSPS) is 11.4. The lowest BCUT2D eigenvalue weighted by molar-refractivity contribution is -0.136. The van der Waals surface area contributed by atoms with E-state index < -0.39 is 18.5 Å². The summed E-state index contributed by atoms with van der Waals surface area (Å²) in [6.07, 6.45) is -5.30. The number of rotatable bonds is 3. The number of amides is 1. The number of alkyl halides is 3. The third-order valence-electron chi connectivity index (χ3n) is 2.52. The first kappa shape index (κ1) is 14.3. The van der Waals surface area contributed by atoms with Crippen LogP contribution in [-0.4, -0.2) is 30.6 Å². The number of hydrogen-bond acceptors (Lipinski definition) is 2. The average molecular weight is 260 g/mol. The van der Waals surface area contributed by atoms with Gasteiger partial charge >= 0.3 is 6.18 Å². The first-order valence-corrected chi connectivity index (χ1v) is 5.39. The second-order valence-corrected chi connectivity index (χ2v) is 4.18. The molecule has 0 aliphatic rings. The number of halogens is 3. The molecule has 0 fully saturated rings. The molecule has 1 aromatic rings. The highest BCUT2D eigenvalue weighted by atomic mass is 19.4. The van der Waals surface area contributed by atoms with Gasteiger partial charge in [-0.3, -0.25) is 4.79 Å². The van der Waals surface area contributed by atoms with Crippen LogP contribution in [0.15, 0.2) is 18.2 Å². The molecule has 100 valence electrons. The van der Waals surface area contributed by atoms with Gasteiger partial charge in [0.2, 0.25) is 0 Å². The summed E-state index contributed by atoms with van der Waals surface area (Å²) in [6.45, 7) is 1.40. The molecule has 6 heteroatoms. The molecule has 0 atom stereocenters. The molecule has 2 N–H and O–H groups in total. The molecule has 1 amide bonds. The molecule has 0 bridgehead atoms. The van der Waals surface area contributed by atoms with Crippen molar-refractivity contribution in [2.45, 2.75) is 19.5 Å². The summed E-state index contributed by atoms with van der Waals surface area (Å²) in [6, 6.07) is 4.88. The van der Waals surface area contributed by atoms with Crippen molar-refractivity contribution in [2.24, 2.45) is 0 Å². The molecule has 1 rings (SSSR count). The van der Waals surface area contributed by atoms with Gasteiger partial charge in [-0.2, -0.15) is 13.2 Å². The van der Waals surface area contributed by atoms with Crippen LogP contribution in [0.2, 0.25) is 0 Å². The van der Waals surface area contributed by atoms with Crippen molar-refractivity contribution in [3.8, 4) is 0 Å². The predicted octanol–water partition coefficient (Wildman–Crippen LogP) is 2.60. The van der Waals surface area contributed by atoms with Crippen LogP contribution in [0.1, 0.15) is 22.3 Å². The zero-order valence-corrected chi connectivity index (χ0v) is 10.2. The number of anilines is 1. The van der Waals surface area contributed by atoms with E-state index in [1.54, 1.807) is 25.1 Å². The summed E-state index contributed by atoms with van der Waals surface area (Å²) in [5, 5.41) is 0. The smallest absolute Gasteiger partial charge is 0.390 e. The van der Waals surface area contributed by atoms with Crippen LogP contribution in [0.3, 0.4) is 0 Å². The minimum atomic E-state index is -4.27. The Balaban J connectivity index is 2.77. The van der Waals surface area contributed by atoms with Gasteiger partial charge in [-0.25, -0.2) is 0 Å². The van der Waals surface area contributed by atoms with E-state index in [-0.39, 0.29) is 17.8 Å². The first-order valence-electron chi connectivity index (χ1n) is 5.39. The fourth-order valence-corrected chi connectivity index (χ4v) is 1.46. The molecular weight excluding hydrogens is 245 g/mol. The highest BCUT2D eigenvalue weighted by Crippen LogP contribution is 2.21. The van der Waals surface area contributed by atoms with Crippen molar-refractivity contribution >= 4 is 11.6 Å². The monoisotopic (exact) mass is 260 g/mol. The molecule has 1 aromatic carbocycles. The Morgan fingerprint density at radius 3 is 2.56 bits per heavy atom. The third kappa shape index (κ3) is 3.94. The van der Waals surface area contributed by atoms with E-state index in [9.17, 15) is 18.0 Å². The van der Waals surface area contributed by atoms with E-state index in [0.717, 1.165) is 10.5 Å². The van der Waals surface area contributed by atoms with Crippen molar-refractivity contribution in [1.29, 1.82) is 0 Å². The van der Waals surface area contributed by atoms with Crippen LogP contribution in [-0.2, 0) is 0 Å². The molecule has 0 radical (unpaired) electrons.